The summed E-state index contributed by atoms with van der Waals surface area (Å²) in [6.07, 6.45) is 0.611. The van der Waals surface area contributed by atoms with E-state index in [-0.39, 0.29) is 28.4 Å². The Balaban J connectivity index is 2.71. The molecule has 1 aromatic carbocycles. The van der Waals surface area contributed by atoms with Crippen molar-refractivity contribution in [2.45, 2.75) is 32.7 Å². The van der Waals surface area contributed by atoms with Gasteiger partial charge in [-0.2, -0.15) is 0 Å². The number of methoxy groups -OCH3 is 2. The van der Waals surface area contributed by atoms with Gasteiger partial charge in [-0.05, 0) is 33.3 Å². The standard InChI is InChI=1S/C16H20N2O5/c1-9-8-16(2,3)17-15(19)14(9)10-6-12(22-4)13(23-5)7-11(10)18(20)21/h6-7H,8H2,1-5H3,(H,17,19). The molecule has 7 nitrogen and oxygen atoms in total. The Kier molecular flexibility index (Phi) is 4.31. The number of carbonyl (C=O) groups is 1. The van der Waals surface area contributed by atoms with Gasteiger partial charge in [0, 0.05) is 5.54 Å². The summed E-state index contributed by atoms with van der Waals surface area (Å²) in [5.74, 6) is 0.262. The number of hydrogen-bond acceptors (Lipinski definition) is 5. The summed E-state index contributed by atoms with van der Waals surface area (Å²) in [5.41, 5.74) is 0.784. The number of amides is 1. The highest BCUT2D eigenvalue weighted by atomic mass is 16.6. The summed E-state index contributed by atoms with van der Waals surface area (Å²) in [6.45, 7) is 5.64. The van der Waals surface area contributed by atoms with E-state index in [1.54, 1.807) is 0 Å². The maximum Gasteiger partial charge on any atom is 0.281 e. The van der Waals surface area contributed by atoms with Crippen LogP contribution in [-0.4, -0.2) is 30.6 Å². The molecule has 0 bridgehead atoms. The second-order valence-corrected chi connectivity index (χ2v) is 6.15. The van der Waals surface area contributed by atoms with Crippen molar-refractivity contribution in [1.82, 2.24) is 5.32 Å². The first-order valence-corrected chi connectivity index (χ1v) is 7.13. The Morgan fingerprint density at radius 2 is 1.78 bits per heavy atom. The third-order valence-corrected chi connectivity index (χ3v) is 3.78. The van der Waals surface area contributed by atoms with Crippen LogP contribution < -0.4 is 14.8 Å². The molecule has 2 rings (SSSR count). The monoisotopic (exact) mass is 320 g/mol. The van der Waals surface area contributed by atoms with E-state index in [1.165, 1.54) is 26.4 Å². The number of nitrogens with one attached hydrogen (secondary N) is 1. The van der Waals surface area contributed by atoms with E-state index >= 15 is 0 Å². The van der Waals surface area contributed by atoms with Gasteiger partial charge in [0.2, 0.25) is 0 Å². The van der Waals surface area contributed by atoms with Crippen molar-refractivity contribution in [3.8, 4) is 11.5 Å². The molecule has 0 saturated heterocycles. The molecule has 0 aromatic heterocycles. The van der Waals surface area contributed by atoms with Crippen LogP contribution in [0, 0.1) is 10.1 Å². The number of carbonyl (C=O) groups excluding carboxylic acids is 1. The summed E-state index contributed by atoms with van der Waals surface area (Å²) in [4.78, 5) is 23.4. The lowest BCUT2D eigenvalue weighted by atomic mass is 9.85. The topological polar surface area (TPSA) is 90.7 Å². The molecule has 23 heavy (non-hydrogen) atoms. The molecule has 124 valence electrons. The lowest BCUT2D eigenvalue weighted by molar-refractivity contribution is -0.385. The van der Waals surface area contributed by atoms with Gasteiger partial charge in [-0.15, -0.1) is 0 Å². The van der Waals surface area contributed by atoms with Gasteiger partial charge in [0.25, 0.3) is 11.6 Å². The minimum atomic E-state index is -0.523. The van der Waals surface area contributed by atoms with E-state index in [0.717, 1.165) is 5.57 Å². The smallest absolute Gasteiger partial charge is 0.281 e. The number of rotatable bonds is 4. The lowest BCUT2D eigenvalue weighted by Crippen LogP contribution is -2.47. The number of nitrogens with zero attached hydrogens (tertiary/aromatic N) is 1. The van der Waals surface area contributed by atoms with Crippen molar-refractivity contribution >= 4 is 17.2 Å². The quantitative estimate of drug-likeness (QED) is 0.680. The van der Waals surface area contributed by atoms with Crippen LogP contribution in [0.2, 0.25) is 0 Å². The molecule has 1 aromatic rings. The fourth-order valence-electron chi connectivity index (χ4n) is 2.93. The molecule has 0 spiro atoms. The van der Waals surface area contributed by atoms with Gasteiger partial charge < -0.3 is 14.8 Å². The Morgan fingerprint density at radius 3 is 2.26 bits per heavy atom. The first-order chi connectivity index (χ1) is 10.7. The third-order valence-electron chi connectivity index (χ3n) is 3.78. The van der Waals surface area contributed by atoms with E-state index in [1.807, 2.05) is 20.8 Å². The number of nitro groups is 1. The highest BCUT2D eigenvalue weighted by Crippen LogP contribution is 2.40. The van der Waals surface area contributed by atoms with Crippen LogP contribution in [0.5, 0.6) is 11.5 Å². The molecule has 7 heteroatoms. The molecule has 1 aliphatic heterocycles. The second-order valence-electron chi connectivity index (χ2n) is 6.15. The highest BCUT2D eigenvalue weighted by molar-refractivity contribution is 6.22. The minimum absolute atomic E-state index is 0.188. The molecule has 1 amide bonds. The Morgan fingerprint density at radius 1 is 1.22 bits per heavy atom. The van der Waals surface area contributed by atoms with Crippen LogP contribution >= 0.6 is 0 Å². The van der Waals surface area contributed by atoms with Crippen LogP contribution in [0.4, 0.5) is 5.69 Å². The predicted molar refractivity (Wildman–Crippen MR) is 85.6 cm³/mol. The van der Waals surface area contributed by atoms with Gasteiger partial charge in [-0.1, -0.05) is 5.57 Å². The molecule has 0 atom stereocenters. The van der Waals surface area contributed by atoms with Crippen molar-refractivity contribution in [2.24, 2.45) is 0 Å². The van der Waals surface area contributed by atoms with Gasteiger partial charge in [0.15, 0.2) is 11.5 Å². The predicted octanol–water partition coefficient (Wildman–Crippen LogP) is 2.68. The summed E-state index contributed by atoms with van der Waals surface area (Å²) >= 11 is 0. The molecule has 0 fully saturated rings. The second kappa shape index (κ2) is 5.91. The van der Waals surface area contributed by atoms with Crippen LogP contribution in [0.3, 0.4) is 0 Å². The number of nitro benzene ring substituents is 1. The summed E-state index contributed by atoms with van der Waals surface area (Å²) in [6, 6.07) is 2.76. The maximum atomic E-state index is 12.5. The Labute approximate surface area is 134 Å². The zero-order chi connectivity index (χ0) is 17.4. The molecular formula is C16H20N2O5. The fourth-order valence-corrected chi connectivity index (χ4v) is 2.93. The first kappa shape index (κ1) is 16.8. The molecule has 0 saturated carbocycles. The zero-order valence-electron chi connectivity index (χ0n) is 13.9. The normalized spacial score (nSPS) is 16.8. The summed E-state index contributed by atoms with van der Waals surface area (Å²) in [5, 5.41) is 14.3. The first-order valence-electron chi connectivity index (χ1n) is 7.13. The van der Waals surface area contributed by atoms with Gasteiger partial charge in [-0.3, -0.25) is 14.9 Å². The van der Waals surface area contributed by atoms with Gasteiger partial charge in [-0.25, -0.2) is 0 Å². The molecule has 1 heterocycles. The van der Waals surface area contributed by atoms with Crippen molar-refractivity contribution in [2.75, 3.05) is 14.2 Å². The van der Waals surface area contributed by atoms with Gasteiger partial charge in [0.05, 0.1) is 36.3 Å². The van der Waals surface area contributed by atoms with Crippen LogP contribution in [0.15, 0.2) is 17.7 Å². The van der Waals surface area contributed by atoms with Crippen LogP contribution in [0.1, 0.15) is 32.8 Å². The molecule has 1 aliphatic rings. The fraction of sp³-hybridized carbons (Fsp3) is 0.438. The van der Waals surface area contributed by atoms with Crippen molar-refractivity contribution in [1.29, 1.82) is 0 Å². The Hall–Kier alpha value is -2.57. The van der Waals surface area contributed by atoms with Gasteiger partial charge >= 0.3 is 0 Å². The lowest BCUT2D eigenvalue weighted by Gasteiger charge is -2.33. The molecule has 1 N–H and O–H groups in total. The third kappa shape index (κ3) is 3.13. The molecule has 0 unspecified atom stereocenters. The largest absolute Gasteiger partial charge is 0.493 e. The number of ether oxygens (including phenoxy) is 2. The minimum Gasteiger partial charge on any atom is -0.493 e. The highest BCUT2D eigenvalue weighted by Gasteiger charge is 2.34. The zero-order valence-corrected chi connectivity index (χ0v) is 13.9. The SMILES string of the molecule is COc1cc(C2=C(C)CC(C)(C)NC2=O)c([N+](=O)[O-])cc1OC. The maximum absolute atomic E-state index is 12.5. The summed E-state index contributed by atoms with van der Waals surface area (Å²) in [7, 11) is 2.85. The van der Waals surface area contributed by atoms with E-state index < -0.39 is 4.92 Å². The summed E-state index contributed by atoms with van der Waals surface area (Å²) < 4.78 is 10.3. The van der Waals surface area contributed by atoms with E-state index in [0.29, 0.717) is 17.7 Å². The number of hydrogen-bond donors (Lipinski definition) is 1. The molecule has 0 aliphatic carbocycles. The van der Waals surface area contributed by atoms with Gasteiger partial charge in [0.1, 0.15) is 0 Å². The van der Waals surface area contributed by atoms with Crippen molar-refractivity contribution in [3.05, 3.63) is 33.4 Å². The molecular weight excluding hydrogens is 300 g/mol. The average molecular weight is 320 g/mol. The van der Waals surface area contributed by atoms with Crippen LogP contribution in [-0.2, 0) is 4.79 Å². The van der Waals surface area contributed by atoms with E-state index in [4.69, 9.17) is 9.47 Å². The van der Waals surface area contributed by atoms with Crippen LogP contribution in [0.25, 0.3) is 5.57 Å². The number of benzene rings is 1. The van der Waals surface area contributed by atoms with E-state index in [9.17, 15) is 14.9 Å². The Bertz CT molecular complexity index is 707. The van der Waals surface area contributed by atoms with E-state index in [2.05, 4.69) is 5.32 Å². The average Bonchev–Trinajstić information content (AvgIpc) is 2.44. The van der Waals surface area contributed by atoms with Crippen molar-refractivity contribution < 1.29 is 19.2 Å². The molecule has 0 radical (unpaired) electrons. The van der Waals surface area contributed by atoms with Crippen molar-refractivity contribution in [3.63, 3.8) is 0 Å².